The maximum Gasteiger partial charge on any atom is 0.316 e. The lowest BCUT2D eigenvalue weighted by atomic mass is 10.1. The Balaban J connectivity index is 1.75. The summed E-state index contributed by atoms with van der Waals surface area (Å²) in [6, 6.07) is 9.44. The number of amides is 1. The molecule has 0 unspecified atom stereocenters. The predicted molar refractivity (Wildman–Crippen MR) is 107 cm³/mol. The third-order valence-electron chi connectivity index (χ3n) is 4.68. The number of Topliss-reactive ketones (excluding diaryl/α,β-unsaturated/α-hetero) is 1. The van der Waals surface area contributed by atoms with Gasteiger partial charge in [0, 0.05) is 24.6 Å². The Morgan fingerprint density at radius 2 is 1.72 bits per heavy atom. The molecule has 1 atom stereocenters. The van der Waals surface area contributed by atoms with Crippen LogP contribution in [0.3, 0.4) is 0 Å². The van der Waals surface area contributed by atoms with Crippen molar-refractivity contribution in [2.24, 2.45) is 5.92 Å². The molecule has 8 heteroatoms. The van der Waals surface area contributed by atoms with E-state index in [9.17, 15) is 14.4 Å². The van der Waals surface area contributed by atoms with Crippen LogP contribution in [0.15, 0.2) is 36.4 Å². The molecule has 0 aromatic heterocycles. The number of hydrogen-bond acceptors (Lipinski definition) is 6. The number of ketones is 1. The highest BCUT2D eigenvalue weighted by Crippen LogP contribution is 2.40. The van der Waals surface area contributed by atoms with Crippen LogP contribution in [-0.4, -0.2) is 38.4 Å². The molecule has 0 spiro atoms. The number of hydrogen-bond donors (Lipinski definition) is 0. The van der Waals surface area contributed by atoms with Gasteiger partial charge >= 0.3 is 5.97 Å². The van der Waals surface area contributed by atoms with Crippen molar-refractivity contribution in [1.29, 1.82) is 0 Å². The van der Waals surface area contributed by atoms with Crippen molar-refractivity contribution in [3.8, 4) is 17.2 Å². The molecule has 1 saturated heterocycles. The molecule has 29 heavy (non-hydrogen) atoms. The fourth-order valence-electron chi connectivity index (χ4n) is 3.11. The van der Waals surface area contributed by atoms with E-state index < -0.39 is 11.9 Å². The highest BCUT2D eigenvalue weighted by molar-refractivity contribution is 6.32. The van der Waals surface area contributed by atoms with E-state index in [2.05, 4.69) is 0 Å². The Labute approximate surface area is 173 Å². The first kappa shape index (κ1) is 20.7. The van der Waals surface area contributed by atoms with Crippen molar-refractivity contribution >= 4 is 34.9 Å². The lowest BCUT2D eigenvalue weighted by molar-refractivity contribution is -0.139. The minimum absolute atomic E-state index is 0.0111. The fourth-order valence-corrected chi connectivity index (χ4v) is 3.35. The first-order chi connectivity index (χ1) is 13.8. The Kier molecular flexibility index (Phi) is 6.08. The molecule has 0 radical (unpaired) electrons. The highest BCUT2D eigenvalue weighted by atomic mass is 35.5. The Hall–Kier alpha value is -3.06. The monoisotopic (exact) mass is 417 g/mol. The summed E-state index contributed by atoms with van der Waals surface area (Å²) in [5.41, 5.74) is 0.986. The molecule has 152 valence electrons. The van der Waals surface area contributed by atoms with Crippen molar-refractivity contribution in [1.82, 2.24) is 0 Å². The summed E-state index contributed by atoms with van der Waals surface area (Å²) in [6.07, 6.45) is 0.0111. The number of halogens is 1. The van der Waals surface area contributed by atoms with Gasteiger partial charge in [0.1, 0.15) is 17.2 Å². The van der Waals surface area contributed by atoms with Crippen molar-refractivity contribution in [2.75, 3.05) is 25.7 Å². The summed E-state index contributed by atoms with van der Waals surface area (Å²) in [4.78, 5) is 37.9. The maximum absolute atomic E-state index is 12.5. The fraction of sp³-hybridized carbons (Fsp3) is 0.286. The van der Waals surface area contributed by atoms with Crippen LogP contribution in [0.5, 0.6) is 17.2 Å². The van der Waals surface area contributed by atoms with Gasteiger partial charge in [-0.05, 0) is 37.3 Å². The molecule has 2 aromatic carbocycles. The second-order valence-electron chi connectivity index (χ2n) is 6.57. The normalized spacial score (nSPS) is 15.9. The molecule has 1 aliphatic heterocycles. The van der Waals surface area contributed by atoms with Gasteiger partial charge in [0.2, 0.25) is 5.91 Å². The van der Waals surface area contributed by atoms with E-state index in [0.717, 1.165) is 0 Å². The summed E-state index contributed by atoms with van der Waals surface area (Å²) < 4.78 is 15.9. The van der Waals surface area contributed by atoms with Gasteiger partial charge < -0.3 is 19.1 Å². The number of methoxy groups -OCH3 is 2. The van der Waals surface area contributed by atoms with Crippen LogP contribution < -0.4 is 19.1 Å². The molecule has 0 bridgehead atoms. The molecule has 2 aromatic rings. The van der Waals surface area contributed by atoms with Gasteiger partial charge in [0.05, 0.1) is 30.8 Å². The molecule has 7 nitrogen and oxygen atoms in total. The van der Waals surface area contributed by atoms with Crippen molar-refractivity contribution in [3.05, 3.63) is 47.0 Å². The molecule has 0 aliphatic carbocycles. The quantitative estimate of drug-likeness (QED) is 0.406. The number of esters is 1. The zero-order valence-electron chi connectivity index (χ0n) is 16.2. The number of rotatable bonds is 6. The highest BCUT2D eigenvalue weighted by Gasteiger charge is 2.38. The topological polar surface area (TPSA) is 82.1 Å². The summed E-state index contributed by atoms with van der Waals surface area (Å²) in [5, 5.41) is 0.327. The minimum Gasteiger partial charge on any atom is -0.495 e. The van der Waals surface area contributed by atoms with Crippen LogP contribution in [0.2, 0.25) is 5.02 Å². The standard InChI is InChI=1S/C21H20ClNO6/c1-12(24)13-4-6-15(7-5-13)29-21(26)14-8-20(25)23(11-14)17-9-16(22)18(27-2)10-19(17)28-3/h4-7,9-10,14H,8,11H2,1-3H3/t14-/m0/s1. The molecule has 3 rings (SSSR count). The molecule has 0 saturated carbocycles. The molecule has 1 fully saturated rings. The minimum atomic E-state index is -0.638. The van der Waals surface area contributed by atoms with E-state index in [1.165, 1.54) is 26.0 Å². The third kappa shape index (κ3) is 4.35. The number of nitrogens with zero attached hydrogens (tertiary/aromatic N) is 1. The first-order valence-corrected chi connectivity index (χ1v) is 9.26. The van der Waals surface area contributed by atoms with Crippen LogP contribution in [0, 0.1) is 5.92 Å². The third-order valence-corrected chi connectivity index (χ3v) is 4.98. The second kappa shape index (κ2) is 8.53. The SMILES string of the molecule is COc1cc(OC)c(N2C[C@@H](C(=O)Oc3ccc(C(C)=O)cc3)CC2=O)cc1Cl. The van der Waals surface area contributed by atoms with Crippen LogP contribution in [0.1, 0.15) is 23.7 Å². The molecule has 1 aliphatic rings. The van der Waals surface area contributed by atoms with Crippen molar-refractivity contribution in [3.63, 3.8) is 0 Å². The first-order valence-electron chi connectivity index (χ1n) is 8.88. The van der Waals surface area contributed by atoms with Gasteiger partial charge in [-0.2, -0.15) is 0 Å². The number of carbonyl (C=O) groups is 3. The summed E-state index contributed by atoms with van der Waals surface area (Å²) in [6.45, 7) is 1.60. The smallest absolute Gasteiger partial charge is 0.316 e. The van der Waals surface area contributed by atoms with E-state index in [1.807, 2.05) is 0 Å². The number of anilines is 1. The van der Waals surface area contributed by atoms with E-state index in [4.69, 9.17) is 25.8 Å². The Bertz CT molecular complexity index is 956. The van der Waals surface area contributed by atoms with Crippen LogP contribution in [0.25, 0.3) is 0 Å². The Morgan fingerprint density at radius 1 is 1.07 bits per heavy atom. The van der Waals surface area contributed by atoms with Gasteiger partial charge in [-0.1, -0.05) is 11.6 Å². The molecular formula is C21H20ClNO6. The van der Waals surface area contributed by atoms with Gasteiger partial charge in [-0.25, -0.2) is 0 Å². The largest absolute Gasteiger partial charge is 0.495 e. The second-order valence-corrected chi connectivity index (χ2v) is 6.97. The van der Waals surface area contributed by atoms with Crippen LogP contribution >= 0.6 is 11.6 Å². The number of benzene rings is 2. The zero-order valence-corrected chi connectivity index (χ0v) is 17.0. The van der Waals surface area contributed by atoms with Gasteiger partial charge in [-0.3, -0.25) is 14.4 Å². The van der Waals surface area contributed by atoms with Gasteiger partial charge in [0.15, 0.2) is 5.78 Å². The number of carbonyl (C=O) groups excluding carboxylic acids is 3. The van der Waals surface area contributed by atoms with Crippen molar-refractivity contribution < 1.29 is 28.6 Å². The molecule has 1 heterocycles. The summed E-state index contributed by atoms with van der Waals surface area (Å²) in [5.74, 6) is -0.325. The average molecular weight is 418 g/mol. The summed E-state index contributed by atoms with van der Waals surface area (Å²) >= 11 is 6.19. The average Bonchev–Trinajstić information content (AvgIpc) is 3.09. The predicted octanol–water partition coefficient (Wildman–Crippen LogP) is 3.52. The van der Waals surface area contributed by atoms with E-state index in [-0.39, 0.29) is 24.7 Å². The maximum atomic E-state index is 12.5. The Morgan fingerprint density at radius 3 is 2.31 bits per heavy atom. The van der Waals surface area contributed by atoms with Gasteiger partial charge in [0.25, 0.3) is 0 Å². The van der Waals surface area contributed by atoms with Crippen LogP contribution in [-0.2, 0) is 9.59 Å². The van der Waals surface area contributed by atoms with Crippen LogP contribution in [0.4, 0.5) is 5.69 Å². The van der Waals surface area contributed by atoms with E-state index >= 15 is 0 Å². The van der Waals surface area contributed by atoms with Gasteiger partial charge in [-0.15, -0.1) is 0 Å². The van der Waals surface area contributed by atoms with Crippen molar-refractivity contribution in [2.45, 2.75) is 13.3 Å². The lowest BCUT2D eigenvalue weighted by Gasteiger charge is -2.20. The van der Waals surface area contributed by atoms with E-state index in [1.54, 1.807) is 36.4 Å². The number of ether oxygens (including phenoxy) is 3. The molecule has 1 amide bonds. The molecule has 0 N–H and O–H groups in total. The van der Waals surface area contributed by atoms with E-state index in [0.29, 0.717) is 33.5 Å². The summed E-state index contributed by atoms with van der Waals surface area (Å²) in [7, 11) is 2.96. The lowest BCUT2D eigenvalue weighted by Crippen LogP contribution is -2.27. The molecular weight excluding hydrogens is 398 g/mol. The zero-order chi connectivity index (χ0) is 21.1.